The number of carbonyl (C=O) groups is 1. The minimum atomic E-state index is -0.968. The van der Waals surface area contributed by atoms with Crippen LogP contribution in [0, 0.1) is 0 Å². The second-order valence-electron chi connectivity index (χ2n) is 6.77. The predicted molar refractivity (Wildman–Crippen MR) is 110 cm³/mol. The Hall–Kier alpha value is -2.80. The number of aromatic nitrogens is 1. The number of amides is 1. The summed E-state index contributed by atoms with van der Waals surface area (Å²) in [5.41, 5.74) is 2.05. The molecule has 7 heteroatoms. The van der Waals surface area contributed by atoms with Gasteiger partial charge < -0.3 is 25.0 Å². The minimum absolute atomic E-state index is 0.349. The third-order valence-corrected chi connectivity index (χ3v) is 5.01. The Balaban J connectivity index is 1.65. The molecule has 150 valence electrons. The third kappa shape index (κ3) is 4.54. The van der Waals surface area contributed by atoms with Gasteiger partial charge in [-0.05, 0) is 24.6 Å². The van der Waals surface area contributed by atoms with Crippen LogP contribution in [0.25, 0.3) is 0 Å². The van der Waals surface area contributed by atoms with Crippen LogP contribution < -0.4 is 19.9 Å². The number of benzene rings is 1. The van der Waals surface area contributed by atoms with Crippen molar-refractivity contribution < 1.29 is 14.6 Å². The van der Waals surface area contributed by atoms with Crippen LogP contribution in [-0.4, -0.2) is 55.4 Å². The molecule has 0 bridgehead atoms. The topological polar surface area (TPSA) is 77.9 Å². The molecule has 1 aliphatic rings. The van der Waals surface area contributed by atoms with Gasteiger partial charge in [0.25, 0.3) is 0 Å². The molecule has 0 saturated carbocycles. The molecule has 1 aromatic carbocycles. The number of nitrogens with zero attached hydrogens (tertiary/aromatic N) is 3. The summed E-state index contributed by atoms with van der Waals surface area (Å²) in [6.45, 7) is 5.50. The number of ether oxygens (including phenoxy) is 1. The summed E-state index contributed by atoms with van der Waals surface area (Å²) in [7, 11) is 1.69. The first-order chi connectivity index (χ1) is 13.6. The molecule has 3 rings (SSSR count). The van der Waals surface area contributed by atoms with Crippen LogP contribution in [0.1, 0.15) is 18.9 Å². The molecule has 28 heavy (non-hydrogen) atoms. The zero-order valence-corrected chi connectivity index (χ0v) is 16.5. The molecule has 2 heterocycles. The van der Waals surface area contributed by atoms with Gasteiger partial charge in [0.2, 0.25) is 5.91 Å². The lowest BCUT2D eigenvalue weighted by atomic mass is 10.2. The van der Waals surface area contributed by atoms with E-state index in [1.54, 1.807) is 20.2 Å². The summed E-state index contributed by atoms with van der Waals surface area (Å²) in [6.07, 6.45) is 1.20. The first kappa shape index (κ1) is 19.9. The fourth-order valence-electron chi connectivity index (χ4n) is 3.39. The normalized spacial score (nSPS) is 15.2. The number of hydrogen-bond donors (Lipinski definition) is 2. The van der Waals surface area contributed by atoms with E-state index in [2.05, 4.69) is 26.2 Å². The van der Waals surface area contributed by atoms with Crippen LogP contribution in [0.4, 0.5) is 11.5 Å². The van der Waals surface area contributed by atoms with E-state index in [4.69, 9.17) is 4.74 Å². The fraction of sp³-hybridized carbons (Fsp3) is 0.429. The van der Waals surface area contributed by atoms with Crippen molar-refractivity contribution in [3.63, 3.8) is 0 Å². The van der Waals surface area contributed by atoms with Gasteiger partial charge in [0, 0.05) is 44.5 Å². The van der Waals surface area contributed by atoms with E-state index in [1.165, 1.54) is 0 Å². The van der Waals surface area contributed by atoms with Gasteiger partial charge >= 0.3 is 0 Å². The van der Waals surface area contributed by atoms with Crippen LogP contribution in [0.15, 0.2) is 42.6 Å². The van der Waals surface area contributed by atoms with Crippen molar-refractivity contribution in [3.8, 4) is 5.75 Å². The maximum Gasteiger partial charge on any atom is 0.249 e. The van der Waals surface area contributed by atoms with Gasteiger partial charge in [0.15, 0.2) is 0 Å². The molecule has 7 nitrogen and oxygen atoms in total. The van der Waals surface area contributed by atoms with E-state index in [0.29, 0.717) is 13.0 Å². The predicted octanol–water partition coefficient (Wildman–Crippen LogP) is 1.80. The highest BCUT2D eigenvalue weighted by molar-refractivity contribution is 5.80. The molecule has 1 aromatic heterocycles. The van der Waals surface area contributed by atoms with Crippen LogP contribution in [0.2, 0.25) is 0 Å². The number of hydrogen-bond acceptors (Lipinski definition) is 6. The van der Waals surface area contributed by atoms with Crippen molar-refractivity contribution in [3.05, 3.63) is 48.2 Å². The maximum atomic E-state index is 11.9. The van der Waals surface area contributed by atoms with E-state index in [1.807, 2.05) is 30.3 Å². The number of pyridine rings is 1. The zero-order valence-electron chi connectivity index (χ0n) is 16.5. The Morgan fingerprint density at radius 2 is 1.89 bits per heavy atom. The largest absolute Gasteiger partial charge is 0.495 e. The molecule has 0 aliphatic carbocycles. The summed E-state index contributed by atoms with van der Waals surface area (Å²) in [6, 6.07) is 11.9. The van der Waals surface area contributed by atoms with Gasteiger partial charge in [-0.2, -0.15) is 0 Å². The number of anilines is 2. The first-order valence-electron chi connectivity index (χ1n) is 9.66. The molecule has 2 aromatic rings. The number of aliphatic hydroxyl groups excluding tert-OH is 1. The Labute approximate surface area is 165 Å². The summed E-state index contributed by atoms with van der Waals surface area (Å²) in [5, 5.41) is 12.4. The molecule has 1 amide bonds. The van der Waals surface area contributed by atoms with Gasteiger partial charge in [-0.1, -0.05) is 25.1 Å². The highest BCUT2D eigenvalue weighted by atomic mass is 16.5. The van der Waals surface area contributed by atoms with Crippen LogP contribution in [0.5, 0.6) is 5.75 Å². The van der Waals surface area contributed by atoms with Gasteiger partial charge in [-0.15, -0.1) is 0 Å². The molecular weight excluding hydrogens is 356 g/mol. The molecule has 2 N–H and O–H groups in total. The number of para-hydroxylation sites is 2. The number of nitrogens with one attached hydrogen (secondary N) is 1. The highest BCUT2D eigenvalue weighted by Crippen LogP contribution is 2.29. The lowest BCUT2D eigenvalue weighted by Crippen LogP contribution is -2.47. The summed E-state index contributed by atoms with van der Waals surface area (Å²) >= 11 is 0. The number of rotatable bonds is 7. The average Bonchev–Trinajstić information content (AvgIpc) is 2.77. The van der Waals surface area contributed by atoms with Gasteiger partial charge in [-0.25, -0.2) is 4.98 Å². The molecule has 1 aliphatic heterocycles. The van der Waals surface area contributed by atoms with Crippen molar-refractivity contribution >= 4 is 17.4 Å². The molecule has 0 unspecified atom stereocenters. The zero-order chi connectivity index (χ0) is 19.9. The Kier molecular flexibility index (Phi) is 6.71. The van der Waals surface area contributed by atoms with Crippen LogP contribution >= 0.6 is 0 Å². The number of carbonyl (C=O) groups excluding carboxylic acids is 1. The average molecular weight is 384 g/mol. The minimum Gasteiger partial charge on any atom is -0.495 e. The second kappa shape index (κ2) is 9.41. The maximum absolute atomic E-state index is 11.9. The second-order valence-corrected chi connectivity index (χ2v) is 6.77. The number of aliphatic hydroxyl groups is 1. The first-order valence-corrected chi connectivity index (χ1v) is 9.66. The SMILES string of the molecule is CC[C@@H](O)C(=O)NCc1cccnc1N1CCN(c2ccccc2OC)CC1. The fourth-order valence-corrected chi connectivity index (χ4v) is 3.39. The van der Waals surface area contributed by atoms with Gasteiger partial charge in [0.05, 0.1) is 12.8 Å². The molecule has 0 spiro atoms. The van der Waals surface area contributed by atoms with Crippen molar-refractivity contribution in [2.24, 2.45) is 0 Å². The molecule has 0 radical (unpaired) electrons. The number of methoxy groups -OCH3 is 1. The van der Waals surface area contributed by atoms with Crippen molar-refractivity contribution in [1.82, 2.24) is 10.3 Å². The summed E-state index contributed by atoms with van der Waals surface area (Å²) in [4.78, 5) is 21.0. The van der Waals surface area contributed by atoms with Gasteiger partial charge in [-0.3, -0.25) is 4.79 Å². The summed E-state index contributed by atoms with van der Waals surface area (Å²) in [5.74, 6) is 1.42. The van der Waals surface area contributed by atoms with Crippen molar-refractivity contribution in [1.29, 1.82) is 0 Å². The number of piperazine rings is 1. The Morgan fingerprint density at radius 3 is 2.61 bits per heavy atom. The lowest BCUT2D eigenvalue weighted by molar-refractivity contribution is -0.129. The molecule has 1 fully saturated rings. The third-order valence-electron chi connectivity index (χ3n) is 5.01. The quantitative estimate of drug-likeness (QED) is 0.758. The van der Waals surface area contributed by atoms with Crippen LogP contribution in [-0.2, 0) is 11.3 Å². The molecule has 1 saturated heterocycles. The van der Waals surface area contributed by atoms with Crippen molar-refractivity contribution in [2.45, 2.75) is 26.0 Å². The van der Waals surface area contributed by atoms with E-state index in [0.717, 1.165) is 49.0 Å². The lowest BCUT2D eigenvalue weighted by Gasteiger charge is -2.37. The monoisotopic (exact) mass is 384 g/mol. The molecule has 1 atom stereocenters. The smallest absolute Gasteiger partial charge is 0.249 e. The van der Waals surface area contributed by atoms with E-state index in [9.17, 15) is 9.90 Å². The highest BCUT2D eigenvalue weighted by Gasteiger charge is 2.22. The van der Waals surface area contributed by atoms with Gasteiger partial charge in [0.1, 0.15) is 17.7 Å². The van der Waals surface area contributed by atoms with E-state index < -0.39 is 6.10 Å². The summed E-state index contributed by atoms with van der Waals surface area (Å²) < 4.78 is 5.48. The Bertz CT molecular complexity index is 791. The standard InChI is InChI=1S/C21H28N4O3/c1-3-18(26)21(27)23-15-16-7-6-10-22-20(16)25-13-11-24(12-14-25)17-8-4-5-9-19(17)28-2/h4-10,18,26H,3,11-15H2,1-2H3,(H,23,27)/t18-/m1/s1. The van der Waals surface area contributed by atoms with Crippen molar-refractivity contribution in [2.75, 3.05) is 43.1 Å². The van der Waals surface area contributed by atoms with E-state index >= 15 is 0 Å². The molecular formula is C21H28N4O3. The van der Waals surface area contributed by atoms with E-state index in [-0.39, 0.29) is 5.91 Å². The van der Waals surface area contributed by atoms with Crippen LogP contribution in [0.3, 0.4) is 0 Å². The Morgan fingerprint density at radius 1 is 1.18 bits per heavy atom.